The minimum Gasteiger partial charge on any atom is -0.342 e. The van der Waals surface area contributed by atoms with Crippen LogP contribution in [-0.4, -0.2) is 23.7 Å². The number of nitrogens with one attached hydrogen (secondary N) is 1. The van der Waals surface area contributed by atoms with Gasteiger partial charge in [-0.05, 0) is 86.2 Å². The summed E-state index contributed by atoms with van der Waals surface area (Å²) in [5.74, 6) is 1.14. The predicted octanol–water partition coefficient (Wildman–Crippen LogP) is 7.71. The fourth-order valence-electron chi connectivity index (χ4n) is 4.48. The molecule has 4 rings (SSSR count). The lowest BCUT2D eigenvalue weighted by molar-refractivity contribution is 0.112. The van der Waals surface area contributed by atoms with Crippen LogP contribution in [-0.2, 0) is 19.4 Å². The van der Waals surface area contributed by atoms with E-state index in [1.807, 2.05) is 30.9 Å². The Balaban J connectivity index is 0.000000241. The van der Waals surface area contributed by atoms with Gasteiger partial charge in [0, 0.05) is 46.1 Å². The highest BCUT2D eigenvalue weighted by Gasteiger charge is 2.13. The second-order valence-corrected chi connectivity index (χ2v) is 10.3. The van der Waals surface area contributed by atoms with Gasteiger partial charge >= 0.3 is 0 Å². The molecule has 0 saturated heterocycles. The lowest BCUT2D eigenvalue weighted by Crippen LogP contribution is -2.07. The van der Waals surface area contributed by atoms with Gasteiger partial charge in [-0.25, -0.2) is 0 Å². The van der Waals surface area contributed by atoms with E-state index in [0.717, 1.165) is 42.4 Å². The van der Waals surface area contributed by atoms with Crippen LogP contribution in [0.5, 0.6) is 0 Å². The smallest absolute Gasteiger partial charge is 0.150 e. The molecule has 0 amide bonds. The predicted molar refractivity (Wildman–Crippen MR) is 152 cm³/mol. The molecule has 0 atom stereocenters. The van der Waals surface area contributed by atoms with E-state index in [2.05, 4.69) is 98.2 Å². The van der Waals surface area contributed by atoms with Gasteiger partial charge in [-0.2, -0.15) is 0 Å². The normalized spacial score (nSPS) is 10.9. The van der Waals surface area contributed by atoms with E-state index in [1.54, 1.807) is 0 Å². The van der Waals surface area contributed by atoms with E-state index in [-0.39, 0.29) is 0 Å². The Morgan fingerprint density at radius 1 is 0.943 bits per heavy atom. The second kappa shape index (κ2) is 13.3. The third kappa shape index (κ3) is 7.09. The number of hydrogen-bond donors (Lipinski definition) is 1. The number of nitrogens with zero attached hydrogens (tertiary/aromatic N) is 1. The average Bonchev–Trinajstić information content (AvgIpc) is 3.23. The Labute approximate surface area is 215 Å². The van der Waals surface area contributed by atoms with E-state index >= 15 is 0 Å². The molecule has 0 aliphatic carbocycles. The quantitative estimate of drug-likeness (QED) is 0.194. The molecule has 0 spiro atoms. The third-order valence-corrected chi connectivity index (χ3v) is 6.98. The number of aromatic nitrogens is 1. The molecule has 184 valence electrons. The highest BCUT2D eigenvalue weighted by Crippen LogP contribution is 2.27. The fourth-order valence-corrected chi connectivity index (χ4v) is 5.14. The molecule has 3 aromatic carbocycles. The number of carbonyl (C=O) groups is 1. The van der Waals surface area contributed by atoms with E-state index in [9.17, 15) is 4.79 Å². The van der Waals surface area contributed by atoms with Gasteiger partial charge in [0.25, 0.3) is 0 Å². The zero-order valence-electron chi connectivity index (χ0n) is 21.7. The Bertz CT molecular complexity index is 1200. The van der Waals surface area contributed by atoms with Crippen LogP contribution in [0.25, 0.3) is 10.9 Å². The fraction of sp³-hybridized carbons (Fsp3) is 0.323. The van der Waals surface area contributed by atoms with Crippen LogP contribution < -0.4 is 5.32 Å². The standard InChI is InChI=1S/C21H23NO.C10H15NS/c1-4-17-7-5-6-8-18(17)12-20-13-19-11-16(14-23)9-10-21(19)22(20)15(2)3;1-3-12-10-6-4-9(5-7-10)8-11-2/h5-11,13-15H,4,12H2,1-3H3;4-7,11H,3,8H2,1-2H3. The largest absolute Gasteiger partial charge is 0.342 e. The number of aryl methyl sites for hydroxylation is 1. The zero-order valence-corrected chi connectivity index (χ0v) is 22.5. The number of fused-ring (bicyclic) bond motifs is 1. The maximum atomic E-state index is 11.0. The number of rotatable bonds is 9. The van der Waals surface area contributed by atoms with Gasteiger partial charge in [-0.15, -0.1) is 11.8 Å². The van der Waals surface area contributed by atoms with Gasteiger partial charge in [-0.1, -0.05) is 50.2 Å². The van der Waals surface area contributed by atoms with Crippen molar-refractivity contribution in [2.24, 2.45) is 0 Å². The lowest BCUT2D eigenvalue weighted by atomic mass is 10.0. The molecule has 0 saturated carbocycles. The third-order valence-electron chi connectivity index (χ3n) is 6.08. The van der Waals surface area contributed by atoms with E-state index in [1.165, 1.54) is 32.8 Å². The first-order chi connectivity index (χ1) is 17.0. The summed E-state index contributed by atoms with van der Waals surface area (Å²) in [6, 6.07) is 25.9. The van der Waals surface area contributed by atoms with Crippen molar-refractivity contribution < 1.29 is 4.79 Å². The molecule has 3 nitrogen and oxygen atoms in total. The molecular weight excluding hydrogens is 448 g/mol. The molecule has 0 bridgehead atoms. The van der Waals surface area contributed by atoms with Crippen molar-refractivity contribution >= 4 is 29.0 Å². The minimum absolute atomic E-state index is 0.387. The Morgan fingerprint density at radius 3 is 2.26 bits per heavy atom. The summed E-state index contributed by atoms with van der Waals surface area (Å²) in [6.45, 7) is 9.75. The molecule has 0 aliphatic rings. The van der Waals surface area contributed by atoms with Crippen LogP contribution in [0, 0.1) is 0 Å². The van der Waals surface area contributed by atoms with E-state index in [0.29, 0.717) is 6.04 Å². The average molecular weight is 487 g/mol. The van der Waals surface area contributed by atoms with Gasteiger partial charge < -0.3 is 9.88 Å². The van der Waals surface area contributed by atoms with Crippen molar-refractivity contribution in [3.05, 3.63) is 101 Å². The second-order valence-electron chi connectivity index (χ2n) is 8.94. The molecule has 1 N–H and O–H groups in total. The summed E-state index contributed by atoms with van der Waals surface area (Å²) in [6.07, 6.45) is 2.89. The maximum absolute atomic E-state index is 11.0. The Hall–Kier alpha value is -2.82. The van der Waals surface area contributed by atoms with Crippen LogP contribution >= 0.6 is 11.8 Å². The molecule has 0 radical (unpaired) electrons. The Kier molecular flexibility index (Phi) is 10.2. The molecule has 0 aliphatic heterocycles. The first-order valence-corrected chi connectivity index (χ1v) is 13.5. The van der Waals surface area contributed by atoms with Crippen LogP contribution in [0.4, 0.5) is 0 Å². The van der Waals surface area contributed by atoms with Gasteiger partial charge in [0.2, 0.25) is 0 Å². The monoisotopic (exact) mass is 486 g/mol. The number of hydrogen-bond acceptors (Lipinski definition) is 3. The highest BCUT2D eigenvalue weighted by atomic mass is 32.2. The van der Waals surface area contributed by atoms with Crippen molar-refractivity contribution in [1.82, 2.24) is 9.88 Å². The van der Waals surface area contributed by atoms with Crippen molar-refractivity contribution in [1.29, 1.82) is 0 Å². The summed E-state index contributed by atoms with van der Waals surface area (Å²) < 4.78 is 2.39. The molecule has 0 fully saturated rings. The summed E-state index contributed by atoms with van der Waals surface area (Å²) >= 11 is 1.88. The first kappa shape index (κ1) is 26.8. The first-order valence-electron chi connectivity index (χ1n) is 12.5. The van der Waals surface area contributed by atoms with Gasteiger partial charge in [-0.3, -0.25) is 4.79 Å². The Morgan fingerprint density at radius 2 is 1.66 bits per heavy atom. The summed E-state index contributed by atoms with van der Waals surface area (Å²) in [5.41, 5.74) is 7.38. The molecular formula is C31H38N2OS. The van der Waals surface area contributed by atoms with Crippen LogP contribution in [0.2, 0.25) is 0 Å². The van der Waals surface area contributed by atoms with Gasteiger partial charge in [0.1, 0.15) is 6.29 Å². The van der Waals surface area contributed by atoms with Crippen molar-refractivity contribution in [3.8, 4) is 0 Å². The van der Waals surface area contributed by atoms with Crippen LogP contribution in [0.1, 0.15) is 66.5 Å². The molecule has 1 aromatic heterocycles. The molecule has 0 unspecified atom stereocenters. The number of benzene rings is 3. The van der Waals surface area contributed by atoms with Gasteiger partial charge in [0.05, 0.1) is 0 Å². The van der Waals surface area contributed by atoms with Crippen molar-refractivity contribution in [3.63, 3.8) is 0 Å². The van der Waals surface area contributed by atoms with Gasteiger partial charge in [0.15, 0.2) is 0 Å². The summed E-state index contributed by atoms with van der Waals surface area (Å²) in [5, 5.41) is 4.27. The zero-order chi connectivity index (χ0) is 25.2. The molecule has 4 heteroatoms. The lowest BCUT2D eigenvalue weighted by Gasteiger charge is -2.16. The van der Waals surface area contributed by atoms with Crippen LogP contribution in [0.15, 0.2) is 77.7 Å². The van der Waals surface area contributed by atoms with E-state index < -0.39 is 0 Å². The topological polar surface area (TPSA) is 34.0 Å². The molecule has 35 heavy (non-hydrogen) atoms. The van der Waals surface area contributed by atoms with Crippen LogP contribution in [0.3, 0.4) is 0 Å². The minimum atomic E-state index is 0.387. The maximum Gasteiger partial charge on any atom is 0.150 e. The molecule has 4 aromatic rings. The highest BCUT2D eigenvalue weighted by molar-refractivity contribution is 7.99. The van der Waals surface area contributed by atoms with E-state index in [4.69, 9.17) is 0 Å². The summed E-state index contributed by atoms with van der Waals surface area (Å²) in [7, 11) is 1.97. The number of aldehydes is 1. The van der Waals surface area contributed by atoms with Crippen molar-refractivity contribution in [2.45, 2.75) is 58.0 Å². The molecule has 1 heterocycles. The number of carbonyl (C=O) groups excluding carboxylic acids is 1. The summed E-state index contributed by atoms with van der Waals surface area (Å²) in [4.78, 5) is 12.4. The number of thioether (sulfide) groups is 1. The van der Waals surface area contributed by atoms with Crippen molar-refractivity contribution in [2.75, 3.05) is 12.8 Å². The SMILES string of the molecule is CCSc1ccc(CNC)cc1.CCc1ccccc1Cc1cc2cc(C=O)ccc2n1C(C)C.